The summed E-state index contributed by atoms with van der Waals surface area (Å²) in [5.41, 5.74) is 0.765. The second-order valence-corrected chi connectivity index (χ2v) is 8.98. The van der Waals surface area contributed by atoms with Gasteiger partial charge in [-0.15, -0.1) is 0 Å². The molecule has 1 saturated carbocycles. The van der Waals surface area contributed by atoms with Gasteiger partial charge in [0.05, 0.1) is 12.3 Å². The summed E-state index contributed by atoms with van der Waals surface area (Å²) in [6.45, 7) is 5.02. The molecule has 1 saturated heterocycles. The smallest absolute Gasteiger partial charge is 0.249 e. The van der Waals surface area contributed by atoms with Crippen molar-refractivity contribution in [3.8, 4) is 0 Å². The summed E-state index contributed by atoms with van der Waals surface area (Å²) < 4.78 is 18.5. The van der Waals surface area contributed by atoms with Gasteiger partial charge in [0.15, 0.2) is 5.82 Å². The van der Waals surface area contributed by atoms with Gasteiger partial charge in [-0.25, -0.2) is 4.39 Å². The summed E-state index contributed by atoms with van der Waals surface area (Å²) in [6, 6.07) is 5.60. The molecule has 1 aromatic heterocycles. The highest BCUT2D eigenvalue weighted by Gasteiger charge is 2.34. The summed E-state index contributed by atoms with van der Waals surface area (Å²) in [6.07, 6.45) is 3.87. The van der Waals surface area contributed by atoms with Crippen molar-refractivity contribution in [2.75, 3.05) is 13.1 Å². The molecule has 7 nitrogen and oxygen atoms in total. The van der Waals surface area contributed by atoms with Crippen LogP contribution >= 0.6 is 0 Å². The fourth-order valence-electron chi connectivity index (χ4n) is 3.97. The van der Waals surface area contributed by atoms with E-state index in [2.05, 4.69) is 15.5 Å². The molecule has 2 amide bonds. The predicted octanol–water partition coefficient (Wildman–Crippen LogP) is 3.38. The number of carbonyl (C=O) groups is 2. The van der Waals surface area contributed by atoms with Gasteiger partial charge in [-0.3, -0.25) is 9.59 Å². The van der Waals surface area contributed by atoms with E-state index in [1.165, 1.54) is 12.1 Å². The Bertz CT molecular complexity index is 923. The zero-order valence-corrected chi connectivity index (χ0v) is 18.0. The Labute approximate surface area is 181 Å². The number of likely N-dealkylation sites (tertiary alicyclic amines) is 1. The SMILES string of the molecule is CC(C)C(NC(=O)C1CCCN(C(=O)Cc2ccc(F)cc2)C1)c1nc(C2CC2)no1. The maximum atomic E-state index is 13.1. The third-order valence-corrected chi connectivity index (χ3v) is 6.04. The van der Waals surface area contributed by atoms with Crippen molar-refractivity contribution in [2.45, 2.75) is 57.9 Å². The number of benzene rings is 1. The van der Waals surface area contributed by atoms with Gasteiger partial charge < -0.3 is 14.7 Å². The second kappa shape index (κ2) is 9.16. The first-order chi connectivity index (χ1) is 14.9. The molecule has 1 N–H and O–H groups in total. The lowest BCUT2D eigenvalue weighted by molar-refractivity contribution is -0.135. The number of aromatic nitrogens is 2. The van der Waals surface area contributed by atoms with Crippen LogP contribution in [-0.2, 0) is 16.0 Å². The average molecular weight is 429 g/mol. The maximum absolute atomic E-state index is 13.1. The molecule has 1 aromatic carbocycles. The highest BCUT2D eigenvalue weighted by atomic mass is 19.1. The molecule has 1 aliphatic heterocycles. The molecule has 0 radical (unpaired) electrons. The van der Waals surface area contributed by atoms with E-state index in [0.29, 0.717) is 24.9 Å². The highest BCUT2D eigenvalue weighted by Crippen LogP contribution is 2.38. The van der Waals surface area contributed by atoms with Gasteiger partial charge in [0.1, 0.15) is 11.9 Å². The number of amides is 2. The lowest BCUT2D eigenvalue weighted by Crippen LogP contribution is -2.47. The van der Waals surface area contributed by atoms with Gasteiger partial charge in [0, 0.05) is 19.0 Å². The van der Waals surface area contributed by atoms with Crippen LogP contribution in [0.3, 0.4) is 0 Å². The summed E-state index contributed by atoms with van der Waals surface area (Å²) in [4.78, 5) is 32.0. The summed E-state index contributed by atoms with van der Waals surface area (Å²) in [7, 11) is 0. The topological polar surface area (TPSA) is 88.3 Å². The maximum Gasteiger partial charge on any atom is 0.249 e. The van der Waals surface area contributed by atoms with Crippen molar-refractivity contribution in [3.63, 3.8) is 0 Å². The molecule has 166 valence electrons. The van der Waals surface area contributed by atoms with Crippen molar-refractivity contribution in [2.24, 2.45) is 11.8 Å². The zero-order chi connectivity index (χ0) is 22.0. The van der Waals surface area contributed by atoms with E-state index >= 15 is 0 Å². The Morgan fingerprint density at radius 2 is 1.97 bits per heavy atom. The molecular weight excluding hydrogens is 399 g/mol. The monoisotopic (exact) mass is 428 g/mol. The third kappa shape index (κ3) is 5.29. The van der Waals surface area contributed by atoms with Crippen LogP contribution in [0.25, 0.3) is 0 Å². The number of rotatable bonds is 7. The Kier molecular flexibility index (Phi) is 6.34. The van der Waals surface area contributed by atoms with E-state index in [0.717, 1.165) is 37.1 Å². The number of halogens is 1. The predicted molar refractivity (Wildman–Crippen MR) is 111 cm³/mol. The first-order valence-corrected chi connectivity index (χ1v) is 11.1. The Morgan fingerprint density at radius 3 is 2.65 bits per heavy atom. The van der Waals surface area contributed by atoms with Crippen LogP contribution < -0.4 is 5.32 Å². The second-order valence-electron chi connectivity index (χ2n) is 8.98. The Morgan fingerprint density at radius 1 is 1.23 bits per heavy atom. The molecule has 0 bridgehead atoms. The lowest BCUT2D eigenvalue weighted by atomic mass is 9.95. The Hall–Kier alpha value is -2.77. The fourth-order valence-corrected chi connectivity index (χ4v) is 3.97. The number of hydrogen-bond donors (Lipinski definition) is 1. The largest absolute Gasteiger partial charge is 0.344 e. The van der Waals surface area contributed by atoms with Gasteiger partial charge in [0.25, 0.3) is 0 Å². The number of nitrogens with zero attached hydrogens (tertiary/aromatic N) is 3. The average Bonchev–Trinajstić information content (AvgIpc) is 3.50. The van der Waals surface area contributed by atoms with Crippen LogP contribution in [0.2, 0.25) is 0 Å². The van der Waals surface area contributed by atoms with E-state index < -0.39 is 0 Å². The van der Waals surface area contributed by atoms with E-state index in [9.17, 15) is 14.0 Å². The molecule has 8 heteroatoms. The quantitative estimate of drug-likeness (QED) is 0.730. The standard InChI is InChI=1S/C23H29FN4O3/c1-14(2)20(23-26-21(27-31-23)16-7-8-16)25-22(30)17-4-3-11-28(13-17)19(29)12-15-5-9-18(24)10-6-15/h5-6,9-10,14,16-17,20H,3-4,7-8,11-13H2,1-2H3,(H,25,30). The van der Waals surface area contributed by atoms with E-state index in [1.54, 1.807) is 17.0 Å². The van der Waals surface area contributed by atoms with E-state index in [-0.39, 0.29) is 41.9 Å². The van der Waals surface area contributed by atoms with Crippen LogP contribution in [0.5, 0.6) is 0 Å². The fraction of sp³-hybridized carbons (Fsp3) is 0.565. The van der Waals surface area contributed by atoms with Gasteiger partial charge in [-0.2, -0.15) is 4.98 Å². The van der Waals surface area contributed by atoms with Crippen molar-refractivity contribution in [1.29, 1.82) is 0 Å². The molecule has 2 aliphatic rings. The molecule has 4 rings (SSSR count). The first-order valence-electron chi connectivity index (χ1n) is 11.1. The molecular formula is C23H29FN4O3. The van der Waals surface area contributed by atoms with Crippen molar-refractivity contribution in [3.05, 3.63) is 47.4 Å². The molecule has 31 heavy (non-hydrogen) atoms. The molecule has 2 unspecified atom stereocenters. The van der Waals surface area contributed by atoms with Crippen LogP contribution in [0.4, 0.5) is 4.39 Å². The number of hydrogen-bond acceptors (Lipinski definition) is 5. The number of carbonyl (C=O) groups excluding carboxylic acids is 2. The summed E-state index contributed by atoms with van der Waals surface area (Å²) in [5.74, 6) is 0.917. The Balaban J connectivity index is 1.36. The minimum absolute atomic E-state index is 0.0458. The lowest BCUT2D eigenvalue weighted by Gasteiger charge is -2.33. The minimum Gasteiger partial charge on any atom is -0.344 e. The number of nitrogens with one attached hydrogen (secondary N) is 1. The van der Waals surface area contributed by atoms with Crippen molar-refractivity contribution >= 4 is 11.8 Å². The first kappa shape index (κ1) is 21.5. The third-order valence-electron chi connectivity index (χ3n) is 6.04. The van der Waals surface area contributed by atoms with Gasteiger partial charge in [-0.1, -0.05) is 31.1 Å². The van der Waals surface area contributed by atoms with Crippen LogP contribution in [0.1, 0.15) is 68.8 Å². The molecule has 2 fully saturated rings. The molecule has 0 spiro atoms. The number of piperidine rings is 1. The summed E-state index contributed by atoms with van der Waals surface area (Å²) in [5, 5.41) is 7.14. The van der Waals surface area contributed by atoms with Gasteiger partial charge in [-0.05, 0) is 49.3 Å². The minimum atomic E-state index is -0.349. The zero-order valence-electron chi connectivity index (χ0n) is 18.0. The van der Waals surface area contributed by atoms with Crippen molar-refractivity contribution < 1.29 is 18.5 Å². The van der Waals surface area contributed by atoms with Gasteiger partial charge in [0.2, 0.25) is 17.7 Å². The normalized spacial score (nSPS) is 20.0. The molecule has 2 atom stereocenters. The van der Waals surface area contributed by atoms with Crippen LogP contribution in [0, 0.1) is 17.7 Å². The highest BCUT2D eigenvalue weighted by molar-refractivity contribution is 5.82. The van der Waals surface area contributed by atoms with E-state index in [1.807, 2.05) is 13.8 Å². The van der Waals surface area contributed by atoms with Crippen molar-refractivity contribution in [1.82, 2.24) is 20.4 Å². The molecule has 2 heterocycles. The van der Waals surface area contributed by atoms with E-state index in [4.69, 9.17) is 4.52 Å². The molecule has 2 aromatic rings. The van der Waals surface area contributed by atoms with Crippen LogP contribution in [-0.4, -0.2) is 39.9 Å². The van der Waals surface area contributed by atoms with Gasteiger partial charge >= 0.3 is 0 Å². The molecule has 1 aliphatic carbocycles. The summed E-state index contributed by atoms with van der Waals surface area (Å²) >= 11 is 0. The van der Waals surface area contributed by atoms with Crippen LogP contribution in [0.15, 0.2) is 28.8 Å².